The molecule has 1 aromatic rings. The lowest BCUT2D eigenvalue weighted by Gasteiger charge is -2.41. The number of ether oxygens (including phenoxy) is 1. The highest BCUT2D eigenvalue weighted by Gasteiger charge is 2.29. The Morgan fingerprint density at radius 1 is 1.48 bits per heavy atom. The van der Waals surface area contributed by atoms with Crippen molar-refractivity contribution < 1.29 is 9.53 Å². The van der Waals surface area contributed by atoms with Crippen LogP contribution in [-0.4, -0.2) is 72.7 Å². The van der Waals surface area contributed by atoms with Gasteiger partial charge in [0.1, 0.15) is 5.69 Å². The number of hydrogen-bond acceptors (Lipinski definition) is 6. The van der Waals surface area contributed by atoms with Crippen LogP contribution in [-0.2, 0) is 11.2 Å². The van der Waals surface area contributed by atoms with Gasteiger partial charge in [-0.25, -0.2) is 4.98 Å². The molecule has 0 aliphatic carbocycles. The van der Waals surface area contributed by atoms with Gasteiger partial charge in [0.2, 0.25) is 0 Å². The smallest absolute Gasteiger partial charge is 0.273 e. The van der Waals surface area contributed by atoms with Gasteiger partial charge in [-0.3, -0.25) is 9.69 Å². The predicted octanol–water partition coefficient (Wildman–Crippen LogP) is 1.22. The van der Waals surface area contributed by atoms with Crippen molar-refractivity contribution in [2.24, 2.45) is 5.73 Å². The number of aromatic nitrogens is 1. The van der Waals surface area contributed by atoms with E-state index >= 15 is 0 Å². The van der Waals surface area contributed by atoms with Crippen LogP contribution in [0.3, 0.4) is 0 Å². The Morgan fingerprint density at radius 2 is 2.30 bits per heavy atom. The van der Waals surface area contributed by atoms with E-state index in [0.29, 0.717) is 18.3 Å². The Morgan fingerprint density at radius 3 is 3.00 bits per heavy atom. The van der Waals surface area contributed by atoms with Crippen molar-refractivity contribution in [1.29, 1.82) is 0 Å². The van der Waals surface area contributed by atoms with Gasteiger partial charge in [-0.15, -0.1) is 11.3 Å². The molecule has 1 fully saturated rings. The summed E-state index contributed by atoms with van der Waals surface area (Å²) in [4.78, 5) is 21.4. The Kier molecular flexibility index (Phi) is 7.42. The summed E-state index contributed by atoms with van der Waals surface area (Å²) >= 11 is 1.52. The molecular weight excluding hydrogens is 312 g/mol. The van der Waals surface area contributed by atoms with Gasteiger partial charge in [0.05, 0.1) is 11.6 Å². The molecule has 1 saturated heterocycles. The summed E-state index contributed by atoms with van der Waals surface area (Å²) in [6.07, 6.45) is 1.77. The number of carbonyl (C=O) groups is 1. The van der Waals surface area contributed by atoms with Gasteiger partial charge in [-0.2, -0.15) is 0 Å². The Balaban J connectivity index is 1.92. The SMILES string of the molecule is CCOCCN1CCN(C(=O)c2csc(CCN)n2)CC1CC. The molecule has 1 aliphatic rings. The first-order chi connectivity index (χ1) is 11.2. The maximum absolute atomic E-state index is 12.6. The van der Waals surface area contributed by atoms with Crippen LogP contribution in [0.2, 0.25) is 0 Å². The lowest BCUT2D eigenvalue weighted by atomic mass is 10.1. The largest absolute Gasteiger partial charge is 0.380 e. The quantitative estimate of drug-likeness (QED) is 0.721. The van der Waals surface area contributed by atoms with Crippen LogP contribution in [0.5, 0.6) is 0 Å². The van der Waals surface area contributed by atoms with Crippen molar-refractivity contribution in [2.45, 2.75) is 32.7 Å². The minimum Gasteiger partial charge on any atom is -0.380 e. The van der Waals surface area contributed by atoms with E-state index in [0.717, 1.165) is 57.2 Å². The molecule has 23 heavy (non-hydrogen) atoms. The summed E-state index contributed by atoms with van der Waals surface area (Å²) < 4.78 is 5.46. The molecule has 1 atom stereocenters. The fraction of sp³-hybridized carbons (Fsp3) is 0.750. The van der Waals surface area contributed by atoms with Crippen LogP contribution >= 0.6 is 11.3 Å². The zero-order chi connectivity index (χ0) is 16.7. The van der Waals surface area contributed by atoms with Gasteiger partial charge in [0, 0.05) is 50.6 Å². The minimum atomic E-state index is 0.0485. The van der Waals surface area contributed by atoms with E-state index in [-0.39, 0.29) is 5.91 Å². The van der Waals surface area contributed by atoms with Gasteiger partial charge in [-0.05, 0) is 19.9 Å². The zero-order valence-corrected chi connectivity index (χ0v) is 15.0. The number of amides is 1. The van der Waals surface area contributed by atoms with Gasteiger partial charge < -0.3 is 15.4 Å². The molecule has 2 N–H and O–H groups in total. The first-order valence-corrected chi connectivity index (χ1v) is 9.33. The second-order valence-electron chi connectivity index (χ2n) is 5.71. The van der Waals surface area contributed by atoms with E-state index in [1.807, 2.05) is 17.2 Å². The maximum Gasteiger partial charge on any atom is 0.273 e. The molecule has 0 bridgehead atoms. The summed E-state index contributed by atoms with van der Waals surface area (Å²) in [7, 11) is 0. The summed E-state index contributed by atoms with van der Waals surface area (Å²) in [6, 6.07) is 0.398. The Labute approximate surface area is 142 Å². The van der Waals surface area contributed by atoms with Crippen molar-refractivity contribution in [3.05, 3.63) is 16.1 Å². The van der Waals surface area contributed by atoms with Crippen LogP contribution in [0.1, 0.15) is 35.8 Å². The van der Waals surface area contributed by atoms with Crippen molar-refractivity contribution in [1.82, 2.24) is 14.8 Å². The zero-order valence-electron chi connectivity index (χ0n) is 14.2. The standard InChI is InChI=1S/C16H28N4O2S/c1-3-13-11-20(8-7-19(13)9-10-22-4-2)16(21)14-12-23-15(18-14)5-6-17/h12-13H,3-11,17H2,1-2H3. The van der Waals surface area contributed by atoms with E-state index in [9.17, 15) is 4.79 Å². The van der Waals surface area contributed by atoms with Crippen LogP contribution < -0.4 is 5.73 Å². The first-order valence-electron chi connectivity index (χ1n) is 8.45. The Bertz CT molecular complexity index is 494. The highest BCUT2D eigenvalue weighted by atomic mass is 32.1. The predicted molar refractivity (Wildman–Crippen MR) is 92.9 cm³/mol. The lowest BCUT2D eigenvalue weighted by molar-refractivity contribution is 0.0338. The van der Waals surface area contributed by atoms with E-state index < -0.39 is 0 Å². The molecule has 6 nitrogen and oxygen atoms in total. The summed E-state index contributed by atoms with van der Waals surface area (Å²) in [5.74, 6) is 0.0485. The number of piperazine rings is 1. The van der Waals surface area contributed by atoms with E-state index in [4.69, 9.17) is 10.5 Å². The third kappa shape index (κ3) is 4.97. The molecule has 1 aromatic heterocycles. The molecule has 1 amide bonds. The lowest BCUT2D eigenvalue weighted by Crippen LogP contribution is -2.55. The normalized spacial score (nSPS) is 19.3. The number of hydrogen-bond donors (Lipinski definition) is 1. The average molecular weight is 340 g/mol. The van der Waals surface area contributed by atoms with Gasteiger partial charge >= 0.3 is 0 Å². The van der Waals surface area contributed by atoms with Crippen molar-refractivity contribution in [3.63, 3.8) is 0 Å². The third-order valence-electron chi connectivity index (χ3n) is 4.22. The first kappa shape index (κ1) is 18.3. The van der Waals surface area contributed by atoms with Crippen LogP contribution in [0, 0.1) is 0 Å². The summed E-state index contributed by atoms with van der Waals surface area (Å²) in [5.41, 5.74) is 6.11. The van der Waals surface area contributed by atoms with Crippen molar-refractivity contribution >= 4 is 17.2 Å². The summed E-state index contributed by atoms with van der Waals surface area (Å²) in [5, 5.41) is 2.80. The Hall–Kier alpha value is -1.02. The molecule has 0 spiro atoms. The minimum absolute atomic E-state index is 0.0485. The van der Waals surface area contributed by atoms with Crippen LogP contribution in [0.4, 0.5) is 0 Å². The van der Waals surface area contributed by atoms with Gasteiger partial charge in [0.15, 0.2) is 0 Å². The highest BCUT2D eigenvalue weighted by Crippen LogP contribution is 2.17. The van der Waals surface area contributed by atoms with E-state index in [1.165, 1.54) is 11.3 Å². The molecule has 0 aromatic carbocycles. The molecule has 2 rings (SSSR count). The van der Waals surface area contributed by atoms with Crippen molar-refractivity contribution in [3.8, 4) is 0 Å². The molecule has 0 saturated carbocycles. The maximum atomic E-state index is 12.6. The number of carbonyl (C=O) groups excluding carboxylic acids is 1. The molecule has 0 radical (unpaired) electrons. The molecular formula is C16H28N4O2S. The monoisotopic (exact) mass is 340 g/mol. The molecule has 1 aliphatic heterocycles. The van der Waals surface area contributed by atoms with Gasteiger partial charge in [-0.1, -0.05) is 6.92 Å². The number of nitrogens with zero attached hydrogens (tertiary/aromatic N) is 3. The second kappa shape index (κ2) is 9.32. The topological polar surface area (TPSA) is 71.7 Å². The van der Waals surface area contributed by atoms with Gasteiger partial charge in [0.25, 0.3) is 5.91 Å². The fourth-order valence-electron chi connectivity index (χ4n) is 2.89. The molecule has 1 unspecified atom stereocenters. The second-order valence-corrected chi connectivity index (χ2v) is 6.65. The number of rotatable bonds is 8. The average Bonchev–Trinajstić information content (AvgIpc) is 3.03. The van der Waals surface area contributed by atoms with E-state index in [2.05, 4.69) is 16.8 Å². The third-order valence-corrected chi connectivity index (χ3v) is 5.13. The van der Waals surface area contributed by atoms with Crippen LogP contribution in [0.25, 0.3) is 0 Å². The summed E-state index contributed by atoms with van der Waals surface area (Å²) in [6.45, 7) is 9.63. The van der Waals surface area contributed by atoms with Crippen molar-refractivity contribution in [2.75, 3.05) is 45.9 Å². The molecule has 130 valence electrons. The fourth-order valence-corrected chi connectivity index (χ4v) is 3.68. The van der Waals surface area contributed by atoms with Crippen LogP contribution in [0.15, 0.2) is 5.38 Å². The number of nitrogens with two attached hydrogens (primary N) is 1. The number of thiazole rings is 1. The molecule has 2 heterocycles. The molecule has 7 heteroatoms. The van der Waals surface area contributed by atoms with E-state index in [1.54, 1.807) is 0 Å². The highest BCUT2D eigenvalue weighted by molar-refractivity contribution is 7.09.